The highest BCUT2D eigenvalue weighted by molar-refractivity contribution is 7.92. The van der Waals surface area contributed by atoms with Crippen LogP contribution in [0.2, 0.25) is 0 Å². The van der Waals surface area contributed by atoms with Crippen LogP contribution in [0.3, 0.4) is 0 Å². The lowest BCUT2D eigenvalue weighted by molar-refractivity contribution is 0.392. The molecular formula is C24H29N3O4S. The molecule has 3 aromatic rings. The summed E-state index contributed by atoms with van der Waals surface area (Å²) in [6.07, 6.45) is 5.73. The van der Waals surface area contributed by atoms with E-state index in [1.54, 1.807) is 25.6 Å². The molecule has 0 spiro atoms. The molecule has 2 N–H and O–H groups in total. The molecule has 0 aliphatic rings. The summed E-state index contributed by atoms with van der Waals surface area (Å²) in [4.78, 5) is 19.3. The molecule has 1 aromatic carbocycles. The number of rotatable bonds is 7. The monoisotopic (exact) mass is 455 g/mol. The number of nitrogens with one attached hydrogen (secondary N) is 2. The van der Waals surface area contributed by atoms with Crippen molar-refractivity contribution in [2.24, 2.45) is 0 Å². The topological polar surface area (TPSA) is 101 Å². The molecule has 0 saturated carbocycles. The van der Waals surface area contributed by atoms with Crippen molar-refractivity contribution in [1.29, 1.82) is 0 Å². The van der Waals surface area contributed by atoms with E-state index < -0.39 is 10.0 Å². The number of anilines is 1. The number of hydrogen-bond acceptors (Lipinski definition) is 5. The number of nitrogens with zero attached hydrogens (tertiary/aromatic N) is 1. The third kappa shape index (κ3) is 5.76. The number of hydrogen-bond donors (Lipinski definition) is 2. The first-order chi connectivity index (χ1) is 15.0. The minimum Gasteiger partial charge on any atom is -0.496 e. The molecule has 0 fully saturated rings. The molecule has 0 radical (unpaired) electrons. The minimum absolute atomic E-state index is 0.137. The zero-order chi connectivity index (χ0) is 23.5. The second kappa shape index (κ2) is 9.16. The van der Waals surface area contributed by atoms with Gasteiger partial charge in [-0.3, -0.25) is 9.52 Å². The van der Waals surface area contributed by atoms with Crippen LogP contribution in [0.15, 0.2) is 53.6 Å². The maximum atomic E-state index is 12.4. The molecule has 0 saturated heterocycles. The molecule has 0 aliphatic carbocycles. The fourth-order valence-corrected chi connectivity index (χ4v) is 4.08. The standard InChI is InChI=1S/C24H29N3O4S/c1-24(2,3)20-14-18(19-7-6-12-25-23(19)28)13-17(22(20)31-4)10-8-16-9-11-21(26-15-16)27-32(5,29)30/h6-7,9,11-15H,8,10H2,1-5H3,(H,25,28)(H,26,27). The van der Waals surface area contributed by atoms with Crippen LogP contribution in [0.4, 0.5) is 5.82 Å². The lowest BCUT2D eigenvalue weighted by Gasteiger charge is -2.25. The number of H-pyrrole nitrogens is 1. The van der Waals surface area contributed by atoms with E-state index in [1.807, 2.05) is 30.3 Å². The second-order valence-corrected chi connectivity index (χ2v) is 10.6. The first-order valence-electron chi connectivity index (χ1n) is 10.3. The van der Waals surface area contributed by atoms with Gasteiger partial charge in [-0.2, -0.15) is 0 Å². The Kier molecular flexibility index (Phi) is 6.74. The number of pyridine rings is 2. The van der Waals surface area contributed by atoms with E-state index in [0.29, 0.717) is 18.4 Å². The number of methoxy groups -OCH3 is 1. The third-order valence-electron chi connectivity index (χ3n) is 5.10. The van der Waals surface area contributed by atoms with Gasteiger partial charge in [-0.1, -0.05) is 26.8 Å². The summed E-state index contributed by atoms with van der Waals surface area (Å²) < 4.78 is 30.9. The zero-order valence-corrected chi connectivity index (χ0v) is 19.8. The zero-order valence-electron chi connectivity index (χ0n) is 19.0. The van der Waals surface area contributed by atoms with Crippen molar-refractivity contribution in [1.82, 2.24) is 9.97 Å². The van der Waals surface area contributed by atoms with Crippen LogP contribution >= 0.6 is 0 Å². The molecule has 3 rings (SSSR count). The van der Waals surface area contributed by atoms with Crippen LogP contribution in [-0.4, -0.2) is 31.8 Å². The van der Waals surface area contributed by atoms with Gasteiger partial charge in [0, 0.05) is 23.5 Å². The Bertz CT molecular complexity index is 1260. The van der Waals surface area contributed by atoms with Gasteiger partial charge >= 0.3 is 0 Å². The number of ether oxygens (including phenoxy) is 1. The van der Waals surface area contributed by atoms with Crippen molar-refractivity contribution in [2.45, 2.75) is 39.0 Å². The predicted octanol–water partition coefficient (Wildman–Crippen LogP) is 3.90. The molecular weight excluding hydrogens is 426 g/mol. The van der Waals surface area contributed by atoms with Crippen molar-refractivity contribution in [3.8, 4) is 16.9 Å². The highest BCUT2D eigenvalue weighted by atomic mass is 32.2. The molecule has 2 heterocycles. The van der Waals surface area contributed by atoms with Crippen LogP contribution in [0, 0.1) is 0 Å². The van der Waals surface area contributed by atoms with E-state index in [9.17, 15) is 13.2 Å². The molecule has 0 amide bonds. The van der Waals surface area contributed by atoms with Crippen molar-refractivity contribution in [3.05, 3.63) is 75.8 Å². The summed E-state index contributed by atoms with van der Waals surface area (Å²) in [5, 5.41) is 0. The predicted molar refractivity (Wildman–Crippen MR) is 128 cm³/mol. The normalized spacial score (nSPS) is 11.9. The first kappa shape index (κ1) is 23.5. The van der Waals surface area contributed by atoms with E-state index in [4.69, 9.17) is 4.74 Å². The molecule has 7 nitrogen and oxygen atoms in total. The van der Waals surface area contributed by atoms with Crippen LogP contribution in [0.1, 0.15) is 37.5 Å². The first-order valence-corrected chi connectivity index (χ1v) is 12.2. The summed E-state index contributed by atoms with van der Waals surface area (Å²) in [6.45, 7) is 6.35. The van der Waals surface area contributed by atoms with Crippen molar-refractivity contribution >= 4 is 15.8 Å². The molecule has 0 bridgehead atoms. The van der Waals surface area contributed by atoms with Crippen LogP contribution < -0.4 is 15.0 Å². The maximum Gasteiger partial charge on any atom is 0.255 e. The van der Waals surface area contributed by atoms with E-state index in [2.05, 4.69) is 35.5 Å². The van der Waals surface area contributed by atoms with E-state index in [1.165, 1.54) is 0 Å². The summed E-state index contributed by atoms with van der Waals surface area (Å²) in [6, 6.07) is 11.2. The Labute approximate surface area is 188 Å². The minimum atomic E-state index is -3.36. The third-order valence-corrected chi connectivity index (χ3v) is 5.68. The molecule has 170 valence electrons. The highest BCUT2D eigenvalue weighted by Crippen LogP contribution is 2.38. The molecule has 8 heteroatoms. The van der Waals surface area contributed by atoms with Gasteiger partial charge in [0.2, 0.25) is 10.0 Å². The Morgan fingerprint density at radius 2 is 1.88 bits per heavy atom. The van der Waals surface area contributed by atoms with Gasteiger partial charge in [0.1, 0.15) is 11.6 Å². The van der Waals surface area contributed by atoms with Gasteiger partial charge in [-0.15, -0.1) is 0 Å². The fraction of sp³-hybridized carbons (Fsp3) is 0.333. The number of aromatic amines is 1. The molecule has 32 heavy (non-hydrogen) atoms. The molecule has 0 aliphatic heterocycles. The van der Waals surface area contributed by atoms with Gasteiger partial charge in [0.05, 0.1) is 13.4 Å². The van der Waals surface area contributed by atoms with Gasteiger partial charge < -0.3 is 9.72 Å². The fourth-order valence-electron chi connectivity index (χ4n) is 3.58. The smallest absolute Gasteiger partial charge is 0.255 e. The lowest BCUT2D eigenvalue weighted by Crippen LogP contribution is -2.16. The van der Waals surface area contributed by atoms with Gasteiger partial charge in [-0.25, -0.2) is 13.4 Å². The van der Waals surface area contributed by atoms with Gasteiger partial charge in [0.25, 0.3) is 5.56 Å². The van der Waals surface area contributed by atoms with E-state index in [0.717, 1.165) is 34.3 Å². The Hall–Kier alpha value is -3.13. The Morgan fingerprint density at radius 3 is 2.44 bits per heavy atom. The second-order valence-electron chi connectivity index (χ2n) is 8.81. The molecule has 0 atom stereocenters. The average Bonchev–Trinajstić information content (AvgIpc) is 2.71. The van der Waals surface area contributed by atoms with Crippen LogP contribution in [-0.2, 0) is 28.3 Å². The lowest BCUT2D eigenvalue weighted by atomic mass is 9.82. The highest BCUT2D eigenvalue weighted by Gasteiger charge is 2.23. The summed E-state index contributed by atoms with van der Waals surface area (Å²) >= 11 is 0. The Morgan fingerprint density at radius 1 is 1.12 bits per heavy atom. The van der Waals surface area contributed by atoms with Gasteiger partial charge in [0.15, 0.2) is 0 Å². The molecule has 2 aromatic heterocycles. The summed E-state index contributed by atoms with van der Waals surface area (Å²) in [5.41, 5.74) is 4.13. The van der Waals surface area contributed by atoms with E-state index in [-0.39, 0.29) is 16.8 Å². The number of aryl methyl sites for hydroxylation is 2. The summed E-state index contributed by atoms with van der Waals surface area (Å²) in [5.74, 6) is 1.10. The number of aromatic nitrogens is 2. The summed E-state index contributed by atoms with van der Waals surface area (Å²) in [7, 11) is -1.70. The van der Waals surface area contributed by atoms with Crippen molar-refractivity contribution in [2.75, 3.05) is 18.1 Å². The number of sulfonamides is 1. The van der Waals surface area contributed by atoms with Crippen LogP contribution in [0.25, 0.3) is 11.1 Å². The average molecular weight is 456 g/mol. The largest absolute Gasteiger partial charge is 0.496 e. The quantitative estimate of drug-likeness (QED) is 0.563. The maximum absolute atomic E-state index is 12.4. The van der Waals surface area contributed by atoms with Gasteiger partial charge in [-0.05, 0) is 65.3 Å². The SMILES string of the molecule is COc1c(CCc2ccc(NS(C)(=O)=O)nc2)cc(-c2ccc[nH]c2=O)cc1C(C)(C)C. The van der Waals surface area contributed by atoms with Crippen molar-refractivity contribution in [3.63, 3.8) is 0 Å². The van der Waals surface area contributed by atoms with E-state index >= 15 is 0 Å². The number of benzene rings is 1. The van der Waals surface area contributed by atoms with Crippen LogP contribution in [0.5, 0.6) is 5.75 Å². The molecule has 0 unspecified atom stereocenters. The van der Waals surface area contributed by atoms with Crippen molar-refractivity contribution < 1.29 is 13.2 Å². The Balaban J connectivity index is 1.97.